The number of aliphatic hydroxyl groups excluding tert-OH is 4. The Hall–Kier alpha value is -0.900. The molecule has 0 radical (unpaired) electrons. The zero-order chi connectivity index (χ0) is 15.3. The summed E-state index contributed by atoms with van der Waals surface area (Å²) in [6, 6.07) is 0. The Balaban J connectivity index is 2.46. The summed E-state index contributed by atoms with van der Waals surface area (Å²) >= 11 is 0. The number of aldehydes is 1. The van der Waals surface area contributed by atoms with Gasteiger partial charge in [0.25, 0.3) is 0 Å². The van der Waals surface area contributed by atoms with Crippen LogP contribution < -0.4 is 0 Å². The zero-order valence-electron chi connectivity index (χ0n) is 11.1. The monoisotopic (exact) mass is 292 g/mol. The minimum Gasteiger partial charge on any atom is -0.388 e. The van der Waals surface area contributed by atoms with E-state index in [1.807, 2.05) is 0 Å². The lowest BCUT2D eigenvalue weighted by Gasteiger charge is -2.38. The topological polar surface area (TPSA) is 134 Å². The number of aliphatic hydroxyl groups is 4. The predicted molar refractivity (Wildman–Crippen MR) is 64.9 cm³/mol. The molecule has 8 heteroatoms. The number of carbonyl (C=O) groups excluding carboxylic acids is 2. The fraction of sp³-hybridized carbons (Fsp3) is 0.833. The summed E-state index contributed by atoms with van der Waals surface area (Å²) in [5.41, 5.74) is 0. The molecule has 0 saturated carbocycles. The summed E-state index contributed by atoms with van der Waals surface area (Å²) in [5.74, 6) is -0.509. The molecule has 1 aliphatic heterocycles. The molecule has 8 nitrogen and oxygen atoms in total. The van der Waals surface area contributed by atoms with Crippen LogP contribution in [0.25, 0.3) is 0 Å². The van der Waals surface area contributed by atoms with Crippen LogP contribution in [0.1, 0.15) is 13.3 Å². The van der Waals surface area contributed by atoms with Crippen LogP contribution in [0.3, 0.4) is 0 Å². The van der Waals surface area contributed by atoms with E-state index in [-0.39, 0.29) is 19.6 Å². The normalized spacial score (nSPS) is 35.5. The summed E-state index contributed by atoms with van der Waals surface area (Å²) in [6.45, 7) is 1.02. The summed E-state index contributed by atoms with van der Waals surface area (Å²) in [7, 11) is 0. The van der Waals surface area contributed by atoms with E-state index in [0.29, 0.717) is 6.29 Å². The highest BCUT2D eigenvalue weighted by molar-refractivity contribution is 5.83. The van der Waals surface area contributed by atoms with Crippen LogP contribution in [0, 0.1) is 0 Å². The molecule has 20 heavy (non-hydrogen) atoms. The number of ketones is 1. The second kappa shape index (κ2) is 7.77. The third-order valence-corrected chi connectivity index (χ3v) is 3.17. The molecule has 0 aliphatic carbocycles. The second-order valence-corrected chi connectivity index (χ2v) is 4.65. The van der Waals surface area contributed by atoms with Crippen molar-refractivity contribution in [2.45, 2.75) is 50.0 Å². The van der Waals surface area contributed by atoms with Gasteiger partial charge in [0.2, 0.25) is 0 Å². The lowest BCUT2D eigenvalue weighted by molar-refractivity contribution is -0.224. The molecule has 1 heterocycles. The van der Waals surface area contributed by atoms with Crippen LogP contribution in [-0.2, 0) is 19.1 Å². The Morgan fingerprint density at radius 3 is 2.50 bits per heavy atom. The fourth-order valence-electron chi connectivity index (χ4n) is 1.83. The highest BCUT2D eigenvalue weighted by atomic mass is 16.6. The van der Waals surface area contributed by atoms with Gasteiger partial charge < -0.3 is 34.7 Å². The molecule has 0 aromatic carbocycles. The highest BCUT2D eigenvalue weighted by Crippen LogP contribution is 2.20. The molecular weight excluding hydrogens is 272 g/mol. The smallest absolute Gasteiger partial charge is 0.186 e. The molecule has 6 atom stereocenters. The zero-order valence-corrected chi connectivity index (χ0v) is 11.1. The van der Waals surface area contributed by atoms with Gasteiger partial charge in [0.1, 0.15) is 43.2 Å². The Morgan fingerprint density at radius 2 is 1.95 bits per heavy atom. The summed E-state index contributed by atoms with van der Waals surface area (Å²) in [6.07, 6.45) is -7.32. The molecule has 1 fully saturated rings. The number of hydrogen-bond donors (Lipinski definition) is 4. The van der Waals surface area contributed by atoms with Crippen molar-refractivity contribution in [3.8, 4) is 0 Å². The lowest BCUT2D eigenvalue weighted by atomic mass is 9.96. The standard InChI is InChI=1S/C12H20O8/c1-2-6(14)7(15)4-19-5-9-11(17)12(18)10(16)8(3-13)20-9/h3,6,8-12,14,16-18H,2,4-5H2,1H3/t6?,8-,9?,10?,11+,12?/m0/s1. The first-order valence-corrected chi connectivity index (χ1v) is 6.35. The number of hydrogen-bond acceptors (Lipinski definition) is 8. The van der Waals surface area contributed by atoms with Crippen molar-refractivity contribution < 1.29 is 39.5 Å². The molecule has 1 aliphatic rings. The van der Waals surface area contributed by atoms with E-state index in [4.69, 9.17) is 9.47 Å². The Bertz CT molecular complexity index is 333. The van der Waals surface area contributed by atoms with Gasteiger partial charge in [-0.3, -0.25) is 4.79 Å². The fourth-order valence-corrected chi connectivity index (χ4v) is 1.83. The number of rotatable bonds is 7. The highest BCUT2D eigenvalue weighted by Gasteiger charge is 2.43. The van der Waals surface area contributed by atoms with Gasteiger partial charge in [-0.05, 0) is 6.42 Å². The summed E-state index contributed by atoms with van der Waals surface area (Å²) in [5, 5.41) is 37.9. The van der Waals surface area contributed by atoms with Crippen molar-refractivity contribution in [2.24, 2.45) is 0 Å². The molecule has 116 valence electrons. The van der Waals surface area contributed by atoms with E-state index >= 15 is 0 Å². The Labute approximate surface area is 115 Å². The van der Waals surface area contributed by atoms with Crippen LogP contribution in [0.2, 0.25) is 0 Å². The van der Waals surface area contributed by atoms with Gasteiger partial charge in [-0.1, -0.05) is 6.92 Å². The average Bonchev–Trinajstić information content (AvgIpc) is 2.46. The maximum atomic E-state index is 11.3. The van der Waals surface area contributed by atoms with Crippen LogP contribution in [-0.4, -0.2) is 82.3 Å². The van der Waals surface area contributed by atoms with Crippen LogP contribution in [0.5, 0.6) is 0 Å². The molecule has 0 aromatic heterocycles. The molecule has 0 bridgehead atoms. The Morgan fingerprint density at radius 1 is 1.30 bits per heavy atom. The maximum Gasteiger partial charge on any atom is 0.186 e. The van der Waals surface area contributed by atoms with E-state index in [1.54, 1.807) is 6.92 Å². The third kappa shape index (κ3) is 4.05. The SMILES string of the molecule is CCC(O)C(=O)COCC1O[C@@H](C=O)C(O)C(O)[C@@H]1O. The molecular formula is C12H20O8. The first kappa shape index (κ1) is 17.2. The minimum absolute atomic E-state index is 0.253. The summed E-state index contributed by atoms with van der Waals surface area (Å²) in [4.78, 5) is 22.0. The van der Waals surface area contributed by atoms with Crippen molar-refractivity contribution >= 4 is 12.1 Å². The van der Waals surface area contributed by atoms with Crippen LogP contribution >= 0.6 is 0 Å². The predicted octanol–water partition coefficient (Wildman–Crippen LogP) is -2.61. The maximum absolute atomic E-state index is 11.3. The number of ether oxygens (including phenoxy) is 2. The average molecular weight is 292 g/mol. The van der Waals surface area contributed by atoms with Crippen LogP contribution in [0.15, 0.2) is 0 Å². The van der Waals surface area contributed by atoms with Crippen LogP contribution in [0.4, 0.5) is 0 Å². The van der Waals surface area contributed by atoms with Gasteiger partial charge in [-0.15, -0.1) is 0 Å². The van der Waals surface area contributed by atoms with E-state index in [2.05, 4.69) is 0 Å². The molecule has 0 amide bonds. The first-order chi connectivity index (χ1) is 9.42. The van der Waals surface area contributed by atoms with E-state index in [1.165, 1.54) is 0 Å². The van der Waals surface area contributed by atoms with Crippen molar-refractivity contribution in [2.75, 3.05) is 13.2 Å². The lowest BCUT2D eigenvalue weighted by Crippen LogP contribution is -2.59. The first-order valence-electron chi connectivity index (χ1n) is 6.35. The van der Waals surface area contributed by atoms with E-state index in [0.717, 1.165) is 0 Å². The van der Waals surface area contributed by atoms with Gasteiger partial charge in [0, 0.05) is 0 Å². The third-order valence-electron chi connectivity index (χ3n) is 3.17. The second-order valence-electron chi connectivity index (χ2n) is 4.65. The van der Waals surface area contributed by atoms with Gasteiger partial charge in [0.15, 0.2) is 12.1 Å². The molecule has 4 unspecified atom stereocenters. The minimum atomic E-state index is -1.54. The van der Waals surface area contributed by atoms with Gasteiger partial charge in [-0.25, -0.2) is 0 Å². The van der Waals surface area contributed by atoms with Crippen molar-refractivity contribution in [1.82, 2.24) is 0 Å². The molecule has 1 rings (SSSR count). The molecule has 1 saturated heterocycles. The van der Waals surface area contributed by atoms with E-state index in [9.17, 15) is 30.0 Å². The van der Waals surface area contributed by atoms with Crippen molar-refractivity contribution in [1.29, 1.82) is 0 Å². The molecule has 0 spiro atoms. The van der Waals surface area contributed by atoms with Gasteiger partial charge in [-0.2, -0.15) is 0 Å². The van der Waals surface area contributed by atoms with E-state index < -0.39 is 42.4 Å². The molecule has 0 aromatic rings. The number of Topliss-reactive ketones (excluding diaryl/α,β-unsaturated/α-hetero) is 1. The number of carbonyl (C=O) groups is 2. The quantitative estimate of drug-likeness (QED) is 0.375. The molecule has 4 N–H and O–H groups in total. The van der Waals surface area contributed by atoms with Crippen molar-refractivity contribution in [3.63, 3.8) is 0 Å². The summed E-state index contributed by atoms with van der Waals surface area (Å²) < 4.78 is 10.1. The van der Waals surface area contributed by atoms with Gasteiger partial charge >= 0.3 is 0 Å². The largest absolute Gasteiger partial charge is 0.388 e. The van der Waals surface area contributed by atoms with Crippen molar-refractivity contribution in [3.05, 3.63) is 0 Å². The Kier molecular flexibility index (Phi) is 6.66. The van der Waals surface area contributed by atoms with Gasteiger partial charge in [0.05, 0.1) is 6.61 Å².